The molecule has 0 aromatic heterocycles. The average Bonchev–Trinajstić information content (AvgIpc) is 3.11. The number of halogens is 3. The maximum atomic E-state index is 13.5. The summed E-state index contributed by atoms with van der Waals surface area (Å²) in [5.41, 5.74) is -1.32. The van der Waals surface area contributed by atoms with E-state index in [1.807, 2.05) is 0 Å². The topological polar surface area (TPSA) is 92.3 Å². The smallest absolute Gasteiger partial charge is 0.341 e. The number of hydrogen-bond acceptors (Lipinski definition) is 4. The van der Waals surface area contributed by atoms with Gasteiger partial charge in [-0.3, -0.25) is 10.1 Å². The lowest BCUT2D eigenvalue weighted by Gasteiger charge is -2.22. The molecule has 156 valence electrons. The third-order valence-corrected chi connectivity index (χ3v) is 5.56. The number of carbonyl (C=O) groups excluding carboxylic acids is 2. The Labute approximate surface area is 162 Å². The number of imide groups is 1. The Morgan fingerprint density at radius 2 is 1.86 bits per heavy atom. The van der Waals surface area contributed by atoms with Gasteiger partial charge in [0.15, 0.2) is 0 Å². The third kappa shape index (κ3) is 5.95. The van der Waals surface area contributed by atoms with Crippen molar-refractivity contribution in [3.8, 4) is 0 Å². The molecule has 1 unspecified atom stereocenters. The van der Waals surface area contributed by atoms with E-state index in [2.05, 4.69) is 10.6 Å². The second kappa shape index (κ2) is 9.40. The largest absolute Gasteiger partial charge is 0.416 e. The molecule has 2 rings (SSSR count). The summed E-state index contributed by atoms with van der Waals surface area (Å²) < 4.78 is 62.2. The molecule has 1 aromatic rings. The molecular weight excluding hydrogens is 397 g/mol. The van der Waals surface area contributed by atoms with Gasteiger partial charge in [0.25, 0.3) is 0 Å². The third-order valence-electron chi connectivity index (χ3n) is 4.97. The fourth-order valence-corrected chi connectivity index (χ4v) is 4.14. The molecule has 1 saturated carbocycles. The van der Waals surface area contributed by atoms with Crippen molar-refractivity contribution in [1.29, 1.82) is 0 Å². The average molecular weight is 420 g/mol. The Morgan fingerprint density at radius 1 is 1.21 bits per heavy atom. The van der Waals surface area contributed by atoms with Crippen molar-refractivity contribution in [3.05, 3.63) is 34.9 Å². The molecule has 1 aliphatic rings. The zero-order valence-corrected chi connectivity index (χ0v) is 16.2. The zero-order chi connectivity index (χ0) is 20.9. The monoisotopic (exact) mass is 420 g/mol. The Bertz CT molecular complexity index is 795. The molecule has 0 bridgehead atoms. The van der Waals surface area contributed by atoms with E-state index in [0.29, 0.717) is 6.42 Å². The molecule has 0 spiro atoms. The Balaban J connectivity index is 2.42. The van der Waals surface area contributed by atoms with Gasteiger partial charge < -0.3 is 5.32 Å². The van der Waals surface area contributed by atoms with E-state index < -0.39 is 46.1 Å². The summed E-state index contributed by atoms with van der Waals surface area (Å²) in [6.45, 7) is 0. The minimum Gasteiger partial charge on any atom is -0.341 e. The van der Waals surface area contributed by atoms with E-state index in [9.17, 15) is 31.2 Å². The van der Waals surface area contributed by atoms with Crippen LogP contribution in [0.5, 0.6) is 0 Å². The summed E-state index contributed by atoms with van der Waals surface area (Å²) in [4.78, 5) is 24.1. The highest BCUT2D eigenvalue weighted by Gasteiger charge is 2.35. The number of hydrogen-bond donors (Lipinski definition) is 3. The first-order chi connectivity index (χ1) is 13.1. The van der Waals surface area contributed by atoms with Gasteiger partial charge in [-0.1, -0.05) is 37.8 Å². The Morgan fingerprint density at radius 3 is 2.39 bits per heavy atom. The molecular formula is C18H23F3N2O4S. The van der Waals surface area contributed by atoms with Crippen molar-refractivity contribution < 1.29 is 31.2 Å². The maximum Gasteiger partial charge on any atom is 0.416 e. The second-order valence-electron chi connectivity index (χ2n) is 6.91. The van der Waals surface area contributed by atoms with Crippen LogP contribution in [0.4, 0.5) is 18.0 Å². The summed E-state index contributed by atoms with van der Waals surface area (Å²) in [5, 5.41) is 4.38. The van der Waals surface area contributed by atoms with Crippen molar-refractivity contribution in [3.63, 3.8) is 0 Å². The van der Waals surface area contributed by atoms with E-state index in [-0.39, 0.29) is 17.0 Å². The van der Waals surface area contributed by atoms with E-state index in [1.54, 1.807) is 0 Å². The molecule has 10 heteroatoms. The van der Waals surface area contributed by atoms with Crippen molar-refractivity contribution in [2.45, 2.75) is 50.0 Å². The summed E-state index contributed by atoms with van der Waals surface area (Å²) >= 11 is 0. The number of rotatable bonds is 6. The van der Waals surface area contributed by atoms with Gasteiger partial charge in [-0.15, -0.1) is 0 Å². The molecule has 3 amide bonds. The first-order valence-corrected chi connectivity index (χ1v) is 10.3. The van der Waals surface area contributed by atoms with Crippen LogP contribution in [0.3, 0.4) is 0 Å². The lowest BCUT2D eigenvalue weighted by Crippen LogP contribution is -2.40. The number of nitrogens with one attached hydrogen (secondary N) is 2. The number of urea groups is 1. The Hall–Kier alpha value is -2.10. The molecule has 1 aromatic carbocycles. The van der Waals surface area contributed by atoms with E-state index in [0.717, 1.165) is 37.8 Å². The van der Waals surface area contributed by atoms with Crippen LogP contribution in [0.25, 0.3) is 0 Å². The SMILES string of the molecule is CNC(=O)NC(=O)C(CC1CCCC1)c1ccc(C[SH](=O)=O)c(C(F)(F)F)c1. The number of amides is 3. The molecule has 0 radical (unpaired) electrons. The van der Waals surface area contributed by atoms with Gasteiger partial charge in [-0.05, 0) is 29.5 Å². The summed E-state index contributed by atoms with van der Waals surface area (Å²) in [6.07, 6.45) is -0.675. The van der Waals surface area contributed by atoms with Crippen LogP contribution in [0.2, 0.25) is 0 Å². The van der Waals surface area contributed by atoms with Crippen molar-refractivity contribution in [1.82, 2.24) is 10.6 Å². The van der Waals surface area contributed by atoms with Gasteiger partial charge in [-0.25, -0.2) is 13.2 Å². The van der Waals surface area contributed by atoms with E-state index >= 15 is 0 Å². The first-order valence-electron chi connectivity index (χ1n) is 8.96. The lowest BCUT2D eigenvalue weighted by molar-refractivity contribution is -0.138. The van der Waals surface area contributed by atoms with Crippen LogP contribution >= 0.6 is 0 Å². The molecule has 28 heavy (non-hydrogen) atoms. The normalized spacial score (nSPS) is 16.2. The van der Waals surface area contributed by atoms with E-state index in [4.69, 9.17) is 0 Å². The van der Waals surface area contributed by atoms with E-state index in [1.165, 1.54) is 13.1 Å². The molecule has 1 fully saturated rings. The molecule has 1 atom stereocenters. The molecule has 1 aliphatic carbocycles. The second-order valence-corrected chi connectivity index (χ2v) is 7.89. The Kier molecular flexibility index (Phi) is 7.45. The van der Waals surface area contributed by atoms with Crippen molar-refractivity contribution in [2.75, 3.05) is 7.05 Å². The van der Waals surface area contributed by atoms with Crippen LogP contribution in [-0.4, -0.2) is 27.4 Å². The predicted molar refractivity (Wildman–Crippen MR) is 97.4 cm³/mol. The molecule has 0 saturated heterocycles. The van der Waals surface area contributed by atoms with Gasteiger partial charge in [-0.2, -0.15) is 13.2 Å². The van der Waals surface area contributed by atoms with Gasteiger partial charge >= 0.3 is 12.2 Å². The predicted octanol–water partition coefficient (Wildman–Crippen LogP) is 2.94. The van der Waals surface area contributed by atoms with Crippen LogP contribution < -0.4 is 10.6 Å². The van der Waals surface area contributed by atoms with Crippen LogP contribution in [-0.2, 0) is 27.4 Å². The quantitative estimate of drug-likeness (QED) is 0.617. The van der Waals surface area contributed by atoms with Crippen LogP contribution in [0.1, 0.15) is 54.7 Å². The lowest BCUT2D eigenvalue weighted by atomic mass is 9.86. The summed E-state index contributed by atoms with van der Waals surface area (Å²) in [5.74, 6) is -2.16. The van der Waals surface area contributed by atoms with Crippen LogP contribution in [0.15, 0.2) is 18.2 Å². The van der Waals surface area contributed by atoms with Crippen molar-refractivity contribution >= 4 is 22.6 Å². The van der Waals surface area contributed by atoms with Gasteiger partial charge in [0.1, 0.15) is 10.7 Å². The minimum atomic E-state index is -4.76. The number of thiol groups is 1. The van der Waals surface area contributed by atoms with Gasteiger partial charge in [0.2, 0.25) is 5.91 Å². The minimum absolute atomic E-state index is 0.116. The molecule has 0 aliphatic heterocycles. The number of alkyl halides is 3. The fraction of sp³-hybridized carbons (Fsp3) is 0.556. The highest BCUT2D eigenvalue weighted by molar-refractivity contribution is 7.71. The maximum absolute atomic E-state index is 13.5. The summed E-state index contributed by atoms with van der Waals surface area (Å²) in [6, 6.07) is 2.53. The van der Waals surface area contributed by atoms with Crippen molar-refractivity contribution in [2.24, 2.45) is 5.92 Å². The van der Waals surface area contributed by atoms with Gasteiger partial charge in [0, 0.05) is 7.05 Å². The van der Waals surface area contributed by atoms with Gasteiger partial charge in [0.05, 0.1) is 17.2 Å². The zero-order valence-electron chi connectivity index (χ0n) is 15.3. The fourth-order valence-electron chi connectivity index (χ4n) is 3.59. The number of carbonyl (C=O) groups is 2. The molecule has 0 heterocycles. The highest BCUT2D eigenvalue weighted by atomic mass is 32.2. The molecule has 2 N–H and O–H groups in total. The molecule has 6 nitrogen and oxygen atoms in total. The standard InChI is InChI=1S/C18H23F3N2O4S/c1-22-17(25)23-16(24)14(8-11-4-2-3-5-11)12-6-7-13(10-28(26)27)15(9-12)18(19,20)21/h6-7,9,11,14,28H,2-5,8,10H2,1H3,(H2,22,23,24,25). The summed E-state index contributed by atoms with van der Waals surface area (Å²) in [7, 11) is -1.71. The number of benzene rings is 1. The van der Waals surface area contributed by atoms with Crippen LogP contribution in [0, 0.1) is 5.92 Å². The highest BCUT2D eigenvalue weighted by Crippen LogP contribution is 2.38. The first kappa shape index (κ1) is 22.2.